The summed E-state index contributed by atoms with van der Waals surface area (Å²) in [7, 11) is 1.82. The molecule has 0 radical (unpaired) electrons. The van der Waals surface area contributed by atoms with Gasteiger partial charge in [0.25, 0.3) is 0 Å². The lowest BCUT2D eigenvalue weighted by atomic mass is 9.75. The molecular weight excluding hydrogens is 398 g/mol. The number of hydrogen-bond acceptors (Lipinski definition) is 5. The van der Waals surface area contributed by atoms with Crippen molar-refractivity contribution in [2.75, 3.05) is 7.05 Å². The van der Waals surface area contributed by atoms with Crippen LogP contribution in [0, 0.1) is 11.3 Å². The van der Waals surface area contributed by atoms with Crippen LogP contribution in [0.15, 0.2) is 71.2 Å². The Morgan fingerprint density at radius 1 is 1.20 bits per heavy atom. The molecule has 2 N–H and O–H groups in total. The number of nitriles is 1. The summed E-state index contributed by atoms with van der Waals surface area (Å²) in [6.45, 7) is 0.349. The van der Waals surface area contributed by atoms with E-state index in [4.69, 9.17) is 22.1 Å². The Morgan fingerprint density at radius 3 is 2.67 bits per heavy atom. The van der Waals surface area contributed by atoms with E-state index in [0.29, 0.717) is 40.8 Å². The molecule has 30 heavy (non-hydrogen) atoms. The number of Topliss-reactive ketones (excluding diaryl/α,β-unsaturated/α-hetero) is 1. The molecule has 1 aliphatic carbocycles. The van der Waals surface area contributed by atoms with Crippen molar-refractivity contribution in [2.45, 2.75) is 31.8 Å². The number of ketones is 1. The molecule has 0 amide bonds. The summed E-state index contributed by atoms with van der Waals surface area (Å²) in [6, 6.07) is 17.2. The van der Waals surface area contributed by atoms with E-state index in [1.807, 2.05) is 55.6 Å². The van der Waals surface area contributed by atoms with Gasteiger partial charge in [0, 0.05) is 35.3 Å². The van der Waals surface area contributed by atoms with Crippen molar-refractivity contribution < 1.29 is 9.53 Å². The standard InChI is InChI=1S/C24H22ClN3O2/c1-28-19-6-4-7-20(29)23(19)22(18(13-26)24(28)27)17-5-2-3-8-21(17)30-14-15-9-11-16(25)12-10-15/h2-3,5,8-12,22H,4,6-7,14,27H2,1H3/t22-/m0/s1. The summed E-state index contributed by atoms with van der Waals surface area (Å²) < 4.78 is 6.12. The summed E-state index contributed by atoms with van der Waals surface area (Å²) >= 11 is 5.96. The van der Waals surface area contributed by atoms with Crippen LogP contribution in [0.5, 0.6) is 5.75 Å². The molecule has 6 heteroatoms. The van der Waals surface area contributed by atoms with Crippen LogP contribution in [0.4, 0.5) is 0 Å². The number of nitrogens with two attached hydrogens (primary N) is 1. The third-order valence-electron chi connectivity index (χ3n) is 5.71. The van der Waals surface area contributed by atoms with Gasteiger partial charge in [-0.05, 0) is 36.6 Å². The highest BCUT2D eigenvalue weighted by atomic mass is 35.5. The monoisotopic (exact) mass is 419 g/mol. The summed E-state index contributed by atoms with van der Waals surface area (Å²) in [5, 5.41) is 10.6. The van der Waals surface area contributed by atoms with E-state index in [1.165, 1.54) is 0 Å². The maximum atomic E-state index is 12.9. The van der Waals surface area contributed by atoms with Crippen molar-refractivity contribution in [3.8, 4) is 11.8 Å². The Bertz CT molecular complexity index is 1100. The first-order chi connectivity index (χ1) is 14.5. The molecule has 152 valence electrons. The van der Waals surface area contributed by atoms with Crippen molar-refractivity contribution in [1.29, 1.82) is 5.26 Å². The predicted octanol–water partition coefficient (Wildman–Crippen LogP) is 4.65. The van der Waals surface area contributed by atoms with Crippen molar-refractivity contribution in [2.24, 2.45) is 5.73 Å². The molecule has 0 aromatic heterocycles. The van der Waals surface area contributed by atoms with Crippen LogP contribution >= 0.6 is 11.6 Å². The zero-order chi connectivity index (χ0) is 21.3. The molecule has 2 aliphatic rings. The summed E-state index contributed by atoms with van der Waals surface area (Å²) in [4.78, 5) is 14.7. The number of hydrogen-bond donors (Lipinski definition) is 1. The van der Waals surface area contributed by atoms with Gasteiger partial charge in [-0.2, -0.15) is 5.26 Å². The van der Waals surface area contributed by atoms with E-state index in [1.54, 1.807) is 4.90 Å². The van der Waals surface area contributed by atoms with Crippen LogP contribution in [0.1, 0.15) is 36.3 Å². The summed E-state index contributed by atoms with van der Waals surface area (Å²) in [5.74, 6) is 0.576. The Morgan fingerprint density at radius 2 is 1.93 bits per heavy atom. The number of benzene rings is 2. The topological polar surface area (TPSA) is 79.3 Å². The van der Waals surface area contributed by atoms with Crippen molar-refractivity contribution >= 4 is 17.4 Å². The Hall–Kier alpha value is -3.23. The fraction of sp³-hybridized carbons (Fsp3) is 0.250. The molecule has 2 aromatic rings. The number of nitrogens with zero attached hydrogens (tertiary/aromatic N) is 2. The van der Waals surface area contributed by atoms with Crippen LogP contribution in [0.3, 0.4) is 0 Å². The van der Waals surface area contributed by atoms with Gasteiger partial charge < -0.3 is 15.4 Å². The number of para-hydroxylation sites is 1. The molecule has 0 bridgehead atoms. The van der Waals surface area contributed by atoms with Crippen LogP contribution in [0.25, 0.3) is 0 Å². The van der Waals surface area contributed by atoms with E-state index in [2.05, 4.69) is 6.07 Å². The number of allylic oxidation sites excluding steroid dienone is 3. The maximum Gasteiger partial charge on any atom is 0.161 e. The molecule has 1 aliphatic heterocycles. The van der Waals surface area contributed by atoms with Gasteiger partial charge in [0.15, 0.2) is 5.78 Å². The first-order valence-electron chi connectivity index (χ1n) is 9.87. The molecular formula is C24H22ClN3O2. The van der Waals surface area contributed by atoms with E-state index in [9.17, 15) is 10.1 Å². The van der Waals surface area contributed by atoms with E-state index in [-0.39, 0.29) is 5.78 Å². The number of rotatable bonds is 4. The molecule has 5 nitrogen and oxygen atoms in total. The highest BCUT2D eigenvalue weighted by molar-refractivity contribution is 6.30. The fourth-order valence-corrected chi connectivity index (χ4v) is 4.29. The van der Waals surface area contributed by atoms with Gasteiger partial charge in [-0.3, -0.25) is 4.79 Å². The van der Waals surface area contributed by atoms with Gasteiger partial charge in [-0.15, -0.1) is 0 Å². The minimum absolute atomic E-state index is 0.0702. The second-order valence-corrected chi connectivity index (χ2v) is 7.93. The molecule has 0 saturated heterocycles. The SMILES string of the molecule is CN1C(N)=C(C#N)[C@H](c2ccccc2OCc2ccc(Cl)cc2)C2=C1CCCC2=O. The summed E-state index contributed by atoms with van der Waals surface area (Å²) in [6.07, 6.45) is 2.04. The molecule has 0 saturated carbocycles. The molecule has 0 spiro atoms. The second kappa shape index (κ2) is 8.25. The fourth-order valence-electron chi connectivity index (χ4n) is 4.17. The van der Waals surface area contributed by atoms with Gasteiger partial charge in [-0.25, -0.2) is 0 Å². The lowest BCUT2D eigenvalue weighted by Gasteiger charge is -2.38. The normalized spacial score (nSPS) is 18.9. The first-order valence-corrected chi connectivity index (χ1v) is 10.2. The molecule has 0 unspecified atom stereocenters. The number of carbonyl (C=O) groups excluding carboxylic acids is 1. The van der Waals surface area contributed by atoms with Gasteiger partial charge in [0.05, 0.1) is 17.6 Å². The largest absolute Gasteiger partial charge is 0.489 e. The van der Waals surface area contributed by atoms with Gasteiger partial charge in [-0.1, -0.05) is 41.9 Å². The van der Waals surface area contributed by atoms with Crippen molar-refractivity contribution in [3.05, 3.63) is 87.3 Å². The Kier molecular flexibility index (Phi) is 5.52. The number of carbonyl (C=O) groups is 1. The first kappa shape index (κ1) is 20.1. The zero-order valence-corrected chi connectivity index (χ0v) is 17.4. The second-order valence-electron chi connectivity index (χ2n) is 7.49. The maximum absolute atomic E-state index is 12.9. The quantitative estimate of drug-likeness (QED) is 0.780. The van der Waals surface area contributed by atoms with Gasteiger partial charge in [0.1, 0.15) is 18.2 Å². The number of halogens is 1. The van der Waals surface area contributed by atoms with Crippen LogP contribution in [-0.2, 0) is 11.4 Å². The minimum atomic E-state index is -0.518. The lowest BCUT2D eigenvalue weighted by Crippen LogP contribution is -2.36. The smallest absolute Gasteiger partial charge is 0.161 e. The average molecular weight is 420 g/mol. The van der Waals surface area contributed by atoms with Gasteiger partial charge in [0.2, 0.25) is 0 Å². The lowest BCUT2D eigenvalue weighted by molar-refractivity contribution is -0.116. The Labute approximate surface area is 181 Å². The predicted molar refractivity (Wildman–Crippen MR) is 115 cm³/mol. The third-order valence-corrected chi connectivity index (χ3v) is 5.96. The summed E-state index contributed by atoms with van der Waals surface area (Å²) in [5.41, 5.74) is 10.0. The highest BCUT2D eigenvalue weighted by Gasteiger charge is 2.39. The van der Waals surface area contributed by atoms with Crippen LogP contribution in [0.2, 0.25) is 5.02 Å². The molecule has 1 atom stereocenters. The minimum Gasteiger partial charge on any atom is -0.489 e. The molecule has 4 rings (SSSR count). The van der Waals surface area contributed by atoms with Crippen molar-refractivity contribution in [1.82, 2.24) is 4.90 Å². The molecule has 0 fully saturated rings. The van der Waals surface area contributed by atoms with E-state index >= 15 is 0 Å². The van der Waals surface area contributed by atoms with Crippen molar-refractivity contribution in [3.63, 3.8) is 0 Å². The third kappa shape index (κ3) is 3.55. The van der Waals surface area contributed by atoms with Crippen LogP contribution < -0.4 is 10.5 Å². The van der Waals surface area contributed by atoms with Gasteiger partial charge >= 0.3 is 0 Å². The average Bonchev–Trinajstić information content (AvgIpc) is 2.76. The Balaban J connectivity index is 1.76. The zero-order valence-electron chi connectivity index (χ0n) is 16.7. The molecule has 2 aromatic carbocycles. The number of ether oxygens (including phenoxy) is 1. The molecule has 1 heterocycles. The van der Waals surface area contributed by atoms with E-state index < -0.39 is 5.92 Å². The van der Waals surface area contributed by atoms with Crippen LogP contribution in [-0.4, -0.2) is 17.7 Å². The van der Waals surface area contributed by atoms with E-state index in [0.717, 1.165) is 29.7 Å². The highest BCUT2D eigenvalue weighted by Crippen LogP contribution is 2.46.